The van der Waals surface area contributed by atoms with Crippen LogP contribution in [0, 0.1) is 0 Å². The Hall–Kier alpha value is -3.18. The first-order chi connectivity index (χ1) is 37.6. The van der Waals surface area contributed by atoms with Gasteiger partial charge in [0.2, 0.25) is 0 Å². The first-order valence-electron chi connectivity index (χ1n) is 32.8. The third-order valence-corrected chi connectivity index (χ3v) is 14.4. The van der Waals surface area contributed by atoms with E-state index in [0.717, 1.165) is 89.9 Å². The van der Waals surface area contributed by atoms with Crippen molar-refractivity contribution in [2.75, 3.05) is 13.2 Å². The lowest BCUT2D eigenvalue weighted by atomic mass is 10.0. The van der Waals surface area contributed by atoms with Gasteiger partial charge in [-0.3, -0.25) is 9.59 Å². The number of ether oxygens (including phenoxy) is 2. The number of carbonyl (C=O) groups excluding carboxylic acids is 2. The Labute approximate surface area is 472 Å². The third-order valence-electron chi connectivity index (χ3n) is 14.4. The second-order valence-electron chi connectivity index (χ2n) is 21.8. The van der Waals surface area contributed by atoms with Crippen LogP contribution in [0.1, 0.15) is 322 Å². The predicted octanol–water partition coefficient (Wildman–Crippen LogP) is 22.6. The van der Waals surface area contributed by atoms with Gasteiger partial charge in [-0.05, 0) is 96.3 Å². The number of carbonyl (C=O) groups is 2. The molecule has 1 N–H and O–H groups in total. The number of hydrogen-bond donors (Lipinski definition) is 1. The normalized spacial score (nSPS) is 12.8. The Bertz CT molecular complexity index is 1430. The van der Waals surface area contributed by atoms with Crippen LogP contribution >= 0.6 is 0 Å². The van der Waals surface area contributed by atoms with Gasteiger partial charge >= 0.3 is 11.9 Å². The molecule has 0 heterocycles. The second-order valence-corrected chi connectivity index (χ2v) is 21.8. The van der Waals surface area contributed by atoms with E-state index in [1.165, 1.54) is 205 Å². The molecular formula is C71H124O5. The molecule has 5 nitrogen and oxygen atoms in total. The highest BCUT2D eigenvalue weighted by Gasteiger charge is 2.16. The number of hydrogen-bond acceptors (Lipinski definition) is 5. The Morgan fingerprint density at radius 3 is 0.868 bits per heavy atom. The van der Waals surface area contributed by atoms with Gasteiger partial charge in [0.15, 0.2) is 6.10 Å². The van der Waals surface area contributed by atoms with Crippen molar-refractivity contribution in [3.63, 3.8) is 0 Å². The van der Waals surface area contributed by atoms with Crippen molar-refractivity contribution in [1.29, 1.82) is 0 Å². The topological polar surface area (TPSA) is 72.8 Å². The molecule has 0 saturated heterocycles. The maximum Gasteiger partial charge on any atom is 0.306 e. The predicted molar refractivity (Wildman–Crippen MR) is 334 cm³/mol. The molecule has 0 aliphatic rings. The van der Waals surface area contributed by atoms with Crippen LogP contribution in [-0.2, 0) is 19.1 Å². The minimum absolute atomic E-state index is 0.0723. The molecule has 0 saturated carbocycles. The summed E-state index contributed by atoms with van der Waals surface area (Å²) in [6.07, 6.45) is 94.2. The molecule has 0 rings (SSSR count). The molecule has 5 heteroatoms. The van der Waals surface area contributed by atoms with Crippen molar-refractivity contribution < 1.29 is 24.2 Å². The summed E-state index contributed by atoms with van der Waals surface area (Å²) in [5.74, 6) is -0.596. The lowest BCUT2D eigenvalue weighted by Gasteiger charge is -2.15. The molecule has 0 spiro atoms. The molecule has 0 amide bonds. The van der Waals surface area contributed by atoms with Gasteiger partial charge in [-0.1, -0.05) is 310 Å². The number of rotatable bonds is 60. The minimum atomic E-state index is -0.784. The molecule has 1 atom stereocenters. The van der Waals surface area contributed by atoms with Gasteiger partial charge in [0, 0.05) is 12.8 Å². The zero-order valence-corrected chi connectivity index (χ0v) is 50.3. The molecule has 0 bridgehead atoms. The zero-order valence-electron chi connectivity index (χ0n) is 50.3. The fraction of sp³-hybridized carbons (Fsp3) is 0.746. The summed E-state index contributed by atoms with van der Waals surface area (Å²) in [6.45, 7) is 4.05. The summed E-state index contributed by atoms with van der Waals surface area (Å²) in [6, 6.07) is 0. The van der Waals surface area contributed by atoms with E-state index in [4.69, 9.17) is 9.47 Å². The SMILES string of the molecule is CC/C=C\C/C=C\C/C=C\C/C=C\C/C=C\C/C=C\C/C=C\CCCCCCCCCC(=O)OC(CO)COC(=O)CCCCCCCCCCCCCCCCCCCCCCC/C=C\CCCCCCCCCC. The van der Waals surface area contributed by atoms with Crippen LogP contribution in [-0.4, -0.2) is 36.4 Å². The van der Waals surface area contributed by atoms with E-state index < -0.39 is 6.10 Å². The Morgan fingerprint density at radius 1 is 0.316 bits per heavy atom. The van der Waals surface area contributed by atoms with Crippen LogP contribution in [0.25, 0.3) is 0 Å². The van der Waals surface area contributed by atoms with E-state index >= 15 is 0 Å². The maximum absolute atomic E-state index is 12.3. The largest absolute Gasteiger partial charge is 0.462 e. The van der Waals surface area contributed by atoms with E-state index in [-0.39, 0.29) is 25.2 Å². The molecule has 0 aliphatic carbocycles. The van der Waals surface area contributed by atoms with Gasteiger partial charge < -0.3 is 14.6 Å². The first kappa shape index (κ1) is 72.8. The molecule has 0 fully saturated rings. The van der Waals surface area contributed by atoms with Gasteiger partial charge in [-0.25, -0.2) is 0 Å². The number of aliphatic hydroxyl groups is 1. The van der Waals surface area contributed by atoms with E-state index in [1.54, 1.807) is 0 Å². The molecule has 0 radical (unpaired) electrons. The molecule has 0 aromatic carbocycles. The van der Waals surface area contributed by atoms with E-state index in [2.05, 4.69) is 111 Å². The number of allylic oxidation sites excluding steroid dienone is 16. The van der Waals surface area contributed by atoms with Crippen molar-refractivity contribution in [3.8, 4) is 0 Å². The highest BCUT2D eigenvalue weighted by molar-refractivity contribution is 5.70. The van der Waals surface area contributed by atoms with Crippen LogP contribution < -0.4 is 0 Å². The van der Waals surface area contributed by atoms with Crippen LogP contribution in [0.15, 0.2) is 97.2 Å². The fourth-order valence-electron chi connectivity index (χ4n) is 9.47. The van der Waals surface area contributed by atoms with Crippen LogP contribution in [0.4, 0.5) is 0 Å². The van der Waals surface area contributed by atoms with Crippen molar-refractivity contribution in [1.82, 2.24) is 0 Å². The fourth-order valence-corrected chi connectivity index (χ4v) is 9.47. The Kier molecular flexibility index (Phi) is 63.3. The van der Waals surface area contributed by atoms with E-state index in [0.29, 0.717) is 12.8 Å². The number of esters is 2. The summed E-state index contributed by atoms with van der Waals surface area (Å²) in [7, 11) is 0. The van der Waals surface area contributed by atoms with Crippen molar-refractivity contribution in [3.05, 3.63) is 97.2 Å². The summed E-state index contributed by atoms with van der Waals surface area (Å²) < 4.78 is 10.7. The average Bonchev–Trinajstić information content (AvgIpc) is 3.42. The molecule has 0 aliphatic heterocycles. The van der Waals surface area contributed by atoms with Gasteiger partial charge in [0.05, 0.1) is 6.61 Å². The standard InChI is InChI=1S/C71H124O5/c1-3-5-7-9-11-13-15-17-19-21-23-25-27-29-31-33-34-35-36-38-39-41-43-45-47-49-51-53-55-57-59-61-63-65-70(73)75-68-69(67-72)76-71(74)66-64-62-60-58-56-54-52-50-48-46-44-42-40-37-32-30-28-26-24-22-20-18-16-14-12-10-8-6-4-2/h6,8,12,14,18,20-21,23-24,26,30,32,40,42,46,48,69,72H,3-5,7,9-11,13,15-17,19,22,25,27-29,31,33-39,41,43-45,47,49-68H2,1-2H3/b8-6-,14-12-,20-18-,23-21-,26-24-,32-30-,42-40-,48-46-. The molecule has 0 aromatic heterocycles. The van der Waals surface area contributed by atoms with Gasteiger partial charge in [0.1, 0.15) is 6.61 Å². The van der Waals surface area contributed by atoms with Crippen LogP contribution in [0.2, 0.25) is 0 Å². The van der Waals surface area contributed by atoms with Crippen molar-refractivity contribution >= 4 is 11.9 Å². The molecule has 0 aromatic rings. The summed E-state index contributed by atoms with van der Waals surface area (Å²) in [5, 5.41) is 9.69. The van der Waals surface area contributed by atoms with E-state index in [9.17, 15) is 14.7 Å². The van der Waals surface area contributed by atoms with Gasteiger partial charge in [0.25, 0.3) is 0 Å². The molecule has 1 unspecified atom stereocenters. The molecular weight excluding hydrogens is 933 g/mol. The van der Waals surface area contributed by atoms with Gasteiger partial charge in [-0.15, -0.1) is 0 Å². The highest BCUT2D eigenvalue weighted by atomic mass is 16.6. The van der Waals surface area contributed by atoms with Crippen LogP contribution in [0.5, 0.6) is 0 Å². The average molecular weight is 1060 g/mol. The second kappa shape index (κ2) is 66.1. The lowest BCUT2D eigenvalue weighted by Crippen LogP contribution is -2.28. The molecule has 76 heavy (non-hydrogen) atoms. The van der Waals surface area contributed by atoms with E-state index in [1.807, 2.05) is 0 Å². The Balaban J connectivity index is 3.48. The monoisotopic (exact) mass is 1060 g/mol. The van der Waals surface area contributed by atoms with Crippen LogP contribution in [0.3, 0.4) is 0 Å². The Morgan fingerprint density at radius 2 is 0.566 bits per heavy atom. The summed E-state index contributed by atoms with van der Waals surface area (Å²) >= 11 is 0. The highest BCUT2D eigenvalue weighted by Crippen LogP contribution is 2.17. The minimum Gasteiger partial charge on any atom is -0.462 e. The lowest BCUT2D eigenvalue weighted by molar-refractivity contribution is -0.161. The maximum atomic E-state index is 12.3. The quantitative estimate of drug-likeness (QED) is 0.0373. The van der Waals surface area contributed by atoms with Crippen molar-refractivity contribution in [2.24, 2.45) is 0 Å². The third kappa shape index (κ3) is 63.4. The van der Waals surface area contributed by atoms with Gasteiger partial charge in [-0.2, -0.15) is 0 Å². The summed E-state index contributed by atoms with van der Waals surface area (Å²) in [5.41, 5.74) is 0. The first-order valence-corrected chi connectivity index (χ1v) is 32.8. The van der Waals surface area contributed by atoms with Crippen molar-refractivity contribution in [2.45, 2.75) is 328 Å². The zero-order chi connectivity index (χ0) is 54.8. The summed E-state index contributed by atoms with van der Waals surface area (Å²) in [4.78, 5) is 24.6. The number of aliphatic hydroxyl groups excluding tert-OH is 1. The molecule has 438 valence electrons. The smallest absolute Gasteiger partial charge is 0.306 e. The number of unbranched alkanes of at least 4 members (excludes halogenated alkanes) is 36.